The van der Waals surface area contributed by atoms with E-state index in [4.69, 9.17) is 9.47 Å². The Morgan fingerprint density at radius 3 is 2.90 bits per heavy atom. The lowest BCUT2D eigenvalue weighted by Gasteiger charge is -2.31. The van der Waals surface area contributed by atoms with E-state index in [2.05, 4.69) is 0 Å². The van der Waals surface area contributed by atoms with Crippen LogP contribution in [0.3, 0.4) is 0 Å². The van der Waals surface area contributed by atoms with Crippen LogP contribution in [0, 0.1) is 5.92 Å². The molecule has 0 radical (unpaired) electrons. The van der Waals surface area contributed by atoms with Crippen LogP contribution in [0.5, 0.6) is 5.75 Å². The molecular formula is C15H19NO5. The molecule has 0 bridgehead atoms. The maximum Gasteiger partial charge on any atom is 0.339 e. The minimum atomic E-state index is -1.06. The van der Waals surface area contributed by atoms with Gasteiger partial charge in [-0.25, -0.2) is 4.79 Å². The number of anilines is 1. The van der Waals surface area contributed by atoms with Gasteiger partial charge in [0.05, 0.1) is 12.2 Å². The summed E-state index contributed by atoms with van der Waals surface area (Å²) in [4.78, 5) is 25.2. The predicted molar refractivity (Wildman–Crippen MR) is 76.9 cm³/mol. The van der Waals surface area contributed by atoms with Crippen molar-refractivity contribution in [2.45, 2.75) is 13.3 Å². The van der Waals surface area contributed by atoms with Crippen LogP contribution in [-0.4, -0.2) is 43.9 Å². The number of ether oxygens (including phenoxy) is 2. The summed E-state index contributed by atoms with van der Waals surface area (Å²) in [5, 5.41) is 9.18. The molecule has 114 valence electrons. The zero-order chi connectivity index (χ0) is 15.4. The third-order valence-corrected chi connectivity index (χ3v) is 3.35. The Bertz CT molecular complexity index is 543. The number of fused-ring (bicyclic) bond motifs is 1. The quantitative estimate of drug-likeness (QED) is 0.895. The second-order valence-electron chi connectivity index (χ2n) is 5.12. The van der Waals surface area contributed by atoms with Crippen molar-refractivity contribution < 1.29 is 24.2 Å². The van der Waals surface area contributed by atoms with Crippen molar-refractivity contribution in [2.24, 2.45) is 5.92 Å². The van der Waals surface area contributed by atoms with Gasteiger partial charge in [-0.3, -0.25) is 4.79 Å². The van der Waals surface area contributed by atoms with E-state index in [0.29, 0.717) is 31.9 Å². The van der Waals surface area contributed by atoms with E-state index in [1.165, 1.54) is 6.07 Å². The van der Waals surface area contributed by atoms with Gasteiger partial charge in [-0.2, -0.15) is 0 Å². The number of aromatic carboxylic acids is 1. The third-order valence-electron chi connectivity index (χ3n) is 3.35. The van der Waals surface area contributed by atoms with E-state index in [9.17, 15) is 14.7 Å². The third kappa shape index (κ3) is 3.33. The highest BCUT2D eigenvalue weighted by Crippen LogP contribution is 2.35. The fourth-order valence-corrected chi connectivity index (χ4v) is 2.43. The maximum atomic E-state index is 12.4. The average Bonchev–Trinajstić information content (AvgIpc) is 2.45. The summed E-state index contributed by atoms with van der Waals surface area (Å²) in [6, 6.07) is 4.80. The van der Waals surface area contributed by atoms with Gasteiger partial charge >= 0.3 is 5.97 Å². The highest BCUT2D eigenvalue weighted by atomic mass is 16.5. The molecule has 0 saturated carbocycles. The molecule has 0 aliphatic carbocycles. The van der Waals surface area contributed by atoms with Gasteiger partial charge < -0.3 is 19.5 Å². The lowest BCUT2D eigenvalue weighted by Crippen LogP contribution is -2.39. The first kappa shape index (κ1) is 15.3. The largest absolute Gasteiger partial charge is 0.489 e. The van der Waals surface area contributed by atoms with Crippen molar-refractivity contribution in [1.29, 1.82) is 0 Å². The van der Waals surface area contributed by atoms with Crippen LogP contribution < -0.4 is 9.64 Å². The van der Waals surface area contributed by atoms with Gasteiger partial charge in [-0.1, -0.05) is 13.0 Å². The van der Waals surface area contributed by atoms with Gasteiger partial charge in [0.15, 0.2) is 5.75 Å². The summed E-state index contributed by atoms with van der Waals surface area (Å²) in [5.41, 5.74) is 0.603. The van der Waals surface area contributed by atoms with Gasteiger partial charge in [0.1, 0.15) is 12.2 Å². The first-order valence-corrected chi connectivity index (χ1v) is 6.83. The van der Waals surface area contributed by atoms with Crippen LogP contribution in [0.15, 0.2) is 18.2 Å². The summed E-state index contributed by atoms with van der Waals surface area (Å²) < 4.78 is 10.5. The van der Waals surface area contributed by atoms with E-state index in [-0.39, 0.29) is 23.1 Å². The summed E-state index contributed by atoms with van der Waals surface area (Å²) >= 11 is 0. The second kappa shape index (κ2) is 6.58. The summed E-state index contributed by atoms with van der Waals surface area (Å²) in [7, 11) is 1.60. The lowest BCUT2D eigenvalue weighted by molar-refractivity contribution is -0.120. The second-order valence-corrected chi connectivity index (χ2v) is 5.12. The van der Waals surface area contributed by atoms with Crippen molar-refractivity contribution in [3.63, 3.8) is 0 Å². The zero-order valence-electron chi connectivity index (χ0n) is 12.2. The number of amides is 1. The smallest absolute Gasteiger partial charge is 0.339 e. The molecule has 0 saturated heterocycles. The van der Waals surface area contributed by atoms with E-state index in [1.807, 2.05) is 6.92 Å². The van der Waals surface area contributed by atoms with E-state index >= 15 is 0 Å². The number of carboxylic acid groups (broad SMARTS) is 1. The fourth-order valence-electron chi connectivity index (χ4n) is 2.43. The molecule has 1 heterocycles. The molecule has 1 unspecified atom stereocenters. The predicted octanol–water partition coefficient (Wildman–Crippen LogP) is 1.78. The number of carbonyl (C=O) groups is 2. The van der Waals surface area contributed by atoms with Crippen molar-refractivity contribution in [1.82, 2.24) is 0 Å². The van der Waals surface area contributed by atoms with E-state index in [1.54, 1.807) is 24.1 Å². The molecule has 6 heteroatoms. The molecule has 1 aliphatic rings. The minimum Gasteiger partial charge on any atom is -0.489 e. The van der Waals surface area contributed by atoms with Gasteiger partial charge in [0.25, 0.3) is 0 Å². The van der Waals surface area contributed by atoms with Crippen molar-refractivity contribution in [3.8, 4) is 5.75 Å². The van der Waals surface area contributed by atoms with Crippen LogP contribution in [0.2, 0.25) is 0 Å². The fraction of sp³-hybridized carbons (Fsp3) is 0.467. The molecule has 0 fully saturated rings. The Balaban J connectivity index is 2.24. The Morgan fingerprint density at radius 2 is 2.24 bits per heavy atom. The van der Waals surface area contributed by atoms with Crippen LogP contribution in [0.1, 0.15) is 23.7 Å². The molecule has 1 N–H and O–H groups in total. The van der Waals surface area contributed by atoms with Crippen molar-refractivity contribution >= 4 is 17.6 Å². The number of benzene rings is 1. The number of nitrogens with zero attached hydrogens (tertiary/aromatic N) is 1. The number of methoxy groups -OCH3 is 1. The van der Waals surface area contributed by atoms with E-state index in [0.717, 1.165) is 0 Å². The molecule has 0 aromatic heterocycles. The first-order chi connectivity index (χ1) is 10.0. The molecule has 1 aromatic carbocycles. The Morgan fingerprint density at radius 1 is 1.48 bits per heavy atom. The molecule has 1 aromatic rings. The molecule has 1 atom stereocenters. The summed E-state index contributed by atoms with van der Waals surface area (Å²) in [6.07, 6.45) is 0.352. The van der Waals surface area contributed by atoms with Crippen molar-refractivity contribution in [3.05, 3.63) is 23.8 Å². The number of carboxylic acids is 1. The Kier molecular flexibility index (Phi) is 4.80. The number of para-hydroxylation sites is 1. The van der Waals surface area contributed by atoms with Crippen LogP contribution >= 0.6 is 0 Å². The number of carbonyl (C=O) groups excluding carboxylic acids is 1. The summed E-state index contributed by atoms with van der Waals surface area (Å²) in [6.45, 7) is 3.17. The molecule has 2 rings (SSSR count). The van der Waals surface area contributed by atoms with Crippen LogP contribution in [-0.2, 0) is 9.53 Å². The maximum absolute atomic E-state index is 12.4. The van der Waals surface area contributed by atoms with Gasteiger partial charge in [-0.15, -0.1) is 0 Å². The summed E-state index contributed by atoms with van der Waals surface area (Å²) in [5.74, 6) is -0.735. The van der Waals surface area contributed by atoms with Gasteiger partial charge in [0, 0.05) is 20.1 Å². The number of rotatable bonds is 5. The molecule has 0 spiro atoms. The molecule has 6 nitrogen and oxygen atoms in total. The Labute approximate surface area is 123 Å². The molecular weight excluding hydrogens is 274 g/mol. The standard InChI is InChI=1S/C15H19NO5/c1-10(9-20-2)8-13(17)16-6-7-21-14-11(15(18)19)4-3-5-12(14)16/h3-5,10H,6-9H2,1-2H3,(H,18,19). The van der Waals surface area contributed by atoms with Crippen molar-refractivity contribution in [2.75, 3.05) is 31.8 Å². The Hall–Kier alpha value is -2.08. The first-order valence-electron chi connectivity index (χ1n) is 6.83. The zero-order valence-corrected chi connectivity index (χ0v) is 12.2. The topological polar surface area (TPSA) is 76.1 Å². The van der Waals surface area contributed by atoms with Gasteiger partial charge in [0.2, 0.25) is 5.91 Å². The normalized spacial score (nSPS) is 15.0. The number of hydrogen-bond acceptors (Lipinski definition) is 4. The monoisotopic (exact) mass is 293 g/mol. The molecule has 1 aliphatic heterocycles. The SMILES string of the molecule is COCC(C)CC(=O)N1CCOc2c(C(=O)O)cccc21. The average molecular weight is 293 g/mol. The minimum absolute atomic E-state index is 0.0494. The van der Waals surface area contributed by atoms with E-state index < -0.39 is 5.97 Å². The highest BCUT2D eigenvalue weighted by Gasteiger charge is 2.28. The van der Waals surface area contributed by atoms with Crippen LogP contribution in [0.4, 0.5) is 5.69 Å². The lowest BCUT2D eigenvalue weighted by atomic mass is 10.1. The molecule has 1 amide bonds. The molecule has 21 heavy (non-hydrogen) atoms. The van der Waals surface area contributed by atoms with Gasteiger partial charge in [-0.05, 0) is 18.1 Å². The number of hydrogen-bond donors (Lipinski definition) is 1. The van der Waals surface area contributed by atoms with Crippen LogP contribution in [0.25, 0.3) is 0 Å². The highest BCUT2D eigenvalue weighted by molar-refractivity contribution is 6.00.